The molecule has 8 heteroatoms. The molecule has 1 atom stereocenters. The molecular weight excluding hydrogens is 265 g/mol. The lowest BCUT2D eigenvalue weighted by Gasteiger charge is -2.35. The summed E-state index contributed by atoms with van der Waals surface area (Å²) in [7, 11) is 0. The third-order valence-electron chi connectivity index (χ3n) is 3.37. The molecule has 20 heavy (non-hydrogen) atoms. The van der Waals surface area contributed by atoms with Crippen molar-refractivity contribution in [3.05, 3.63) is 12.0 Å². The van der Waals surface area contributed by atoms with Crippen LogP contribution in [0.5, 0.6) is 0 Å². The summed E-state index contributed by atoms with van der Waals surface area (Å²) in [6, 6.07) is -0.347. The van der Waals surface area contributed by atoms with Gasteiger partial charge in [0.05, 0.1) is 19.4 Å². The Morgan fingerprint density at radius 2 is 2.35 bits per heavy atom. The zero-order chi connectivity index (χ0) is 14.1. The van der Waals surface area contributed by atoms with Crippen LogP contribution in [-0.2, 0) is 9.53 Å². The van der Waals surface area contributed by atoms with Crippen LogP contribution in [0, 0.1) is 5.82 Å². The van der Waals surface area contributed by atoms with Crippen LogP contribution in [0.3, 0.4) is 0 Å². The Bertz CT molecular complexity index is 523. The first-order chi connectivity index (χ1) is 9.65. The minimum Gasteiger partial charge on any atom is -0.377 e. The first-order valence-electron chi connectivity index (χ1n) is 6.58. The summed E-state index contributed by atoms with van der Waals surface area (Å²) in [6.07, 6.45) is 3.01. The van der Waals surface area contributed by atoms with Gasteiger partial charge in [0.25, 0.3) is 0 Å². The Morgan fingerprint density at radius 3 is 3.10 bits per heavy atom. The maximum absolute atomic E-state index is 13.9. The molecule has 1 aliphatic heterocycles. The van der Waals surface area contributed by atoms with Crippen LogP contribution in [-0.4, -0.2) is 47.7 Å². The van der Waals surface area contributed by atoms with Crippen molar-refractivity contribution in [2.75, 3.05) is 30.4 Å². The average Bonchev–Trinajstić information content (AvgIpc) is 3.25. The highest BCUT2D eigenvalue weighted by atomic mass is 19.1. The molecular formula is C12H16FN5O2. The van der Waals surface area contributed by atoms with E-state index in [1.54, 1.807) is 4.90 Å². The maximum atomic E-state index is 13.9. The normalized spacial score (nSPS) is 22.6. The quantitative estimate of drug-likeness (QED) is 0.789. The van der Waals surface area contributed by atoms with Crippen molar-refractivity contribution < 1.29 is 13.9 Å². The molecule has 3 rings (SSSR count). The van der Waals surface area contributed by atoms with Crippen LogP contribution in [0.15, 0.2) is 6.20 Å². The maximum Gasteiger partial charge on any atom is 0.245 e. The van der Waals surface area contributed by atoms with Gasteiger partial charge in [-0.05, 0) is 12.8 Å². The molecule has 1 saturated carbocycles. The van der Waals surface area contributed by atoms with Gasteiger partial charge >= 0.3 is 0 Å². The Kier molecular flexibility index (Phi) is 3.39. The zero-order valence-electron chi connectivity index (χ0n) is 10.9. The minimum absolute atomic E-state index is 0.0192. The van der Waals surface area contributed by atoms with Gasteiger partial charge in [0, 0.05) is 12.6 Å². The SMILES string of the molecule is Nc1ncc(F)c(N2CCOCC2C(=O)NC2CC2)n1. The van der Waals surface area contributed by atoms with E-state index in [1.807, 2.05) is 0 Å². The number of hydrogen-bond acceptors (Lipinski definition) is 6. The fourth-order valence-electron chi connectivity index (χ4n) is 2.17. The summed E-state index contributed by atoms with van der Waals surface area (Å²) in [4.78, 5) is 21.3. The summed E-state index contributed by atoms with van der Waals surface area (Å²) in [5.41, 5.74) is 5.50. The highest BCUT2D eigenvalue weighted by Gasteiger charge is 2.35. The van der Waals surface area contributed by atoms with E-state index in [4.69, 9.17) is 10.5 Å². The number of rotatable bonds is 3. The summed E-state index contributed by atoms with van der Waals surface area (Å²) >= 11 is 0. The van der Waals surface area contributed by atoms with Crippen molar-refractivity contribution in [1.29, 1.82) is 0 Å². The van der Waals surface area contributed by atoms with E-state index in [2.05, 4.69) is 15.3 Å². The molecule has 2 fully saturated rings. The average molecular weight is 281 g/mol. The summed E-state index contributed by atoms with van der Waals surface area (Å²) in [6.45, 7) is 1.01. The van der Waals surface area contributed by atoms with Gasteiger partial charge in [-0.25, -0.2) is 9.37 Å². The van der Waals surface area contributed by atoms with E-state index in [0.29, 0.717) is 13.2 Å². The van der Waals surface area contributed by atoms with E-state index in [9.17, 15) is 9.18 Å². The van der Waals surface area contributed by atoms with Crippen LogP contribution in [0.25, 0.3) is 0 Å². The van der Waals surface area contributed by atoms with E-state index < -0.39 is 11.9 Å². The highest BCUT2D eigenvalue weighted by molar-refractivity contribution is 5.85. The second-order valence-corrected chi connectivity index (χ2v) is 4.97. The van der Waals surface area contributed by atoms with E-state index in [1.165, 1.54) is 0 Å². The molecule has 2 aliphatic rings. The number of anilines is 2. The van der Waals surface area contributed by atoms with Crippen molar-refractivity contribution in [2.24, 2.45) is 0 Å². The fraction of sp³-hybridized carbons (Fsp3) is 0.583. The van der Waals surface area contributed by atoms with Gasteiger partial charge in [-0.15, -0.1) is 0 Å². The summed E-state index contributed by atoms with van der Waals surface area (Å²) < 4.78 is 19.2. The largest absolute Gasteiger partial charge is 0.377 e. The van der Waals surface area contributed by atoms with Crippen molar-refractivity contribution in [3.63, 3.8) is 0 Å². The number of nitrogens with two attached hydrogens (primary N) is 1. The molecule has 0 aromatic carbocycles. The molecule has 1 unspecified atom stereocenters. The molecule has 3 N–H and O–H groups in total. The third-order valence-corrected chi connectivity index (χ3v) is 3.37. The van der Waals surface area contributed by atoms with Crippen molar-refractivity contribution in [3.8, 4) is 0 Å². The standard InChI is InChI=1S/C12H16FN5O2/c13-8-5-15-12(14)17-10(8)18-3-4-20-6-9(18)11(19)16-7-1-2-7/h5,7,9H,1-4,6H2,(H,16,19)(H2,14,15,17). The summed E-state index contributed by atoms with van der Waals surface area (Å²) in [5.74, 6) is -0.722. The number of amides is 1. The number of morpholine rings is 1. The van der Waals surface area contributed by atoms with Gasteiger partial charge in [0.15, 0.2) is 11.6 Å². The number of hydrogen-bond donors (Lipinski definition) is 2. The first kappa shape index (κ1) is 13.0. The number of nitrogens with one attached hydrogen (secondary N) is 1. The minimum atomic E-state index is -0.592. The van der Waals surface area contributed by atoms with E-state index >= 15 is 0 Å². The number of ether oxygens (including phenoxy) is 1. The van der Waals surface area contributed by atoms with Gasteiger partial charge in [-0.3, -0.25) is 4.79 Å². The highest BCUT2D eigenvalue weighted by Crippen LogP contribution is 2.23. The summed E-state index contributed by atoms with van der Waals surface area (Å²) in [5, 5.41) is 2.90. The number of nitrogens with zero attached hydrogens (tertiary/aromatic N) is 3. The van der Waals surface area contributed by atoms with Crippen LogP contribution in [0.2, 0.25) is 0 Å². The van der Waals surface area contributed by atoms with Crippen molar-refractivity contribution >= 4 is 17.7 Å². The van der Waals surface area contributed by atoms with Crippen LogP contribution >= 0.6 is 0 Å². The molecule has 0 radical (unpaired) electrons. The molecule has 1 amide bonds. The van der Waals surface area contributed by atoms with E-state index in [0.717, 1.165) is 19.0 Å². The fourth-order valence-corrected chi connectivity index (χ4v) is 2.17. The van der Waals surface area contributed by atoms with Crippen LogP contribution < -0.4 is 16.0 Å². The first-order valence-corrected chi connectivity index (χ1v) is 6.58. The Balaban J connectivity index is 1.83. The number of halogens is 1. The smallest absolute Gasteiger partial charge is 0.245 e. The Labute approximate surface area is 115 Å². The topological polar surface area (TPSA) is 93.4 Å². The molecule has 0 spiro atoms. The monoisotopic (exact) mass is 281 g/mol. The Hall–Kier alpha value is -1.96. The van der Waals surface area contributed by atoms with Gasteiger partial charge in [0.2, 0.25) is 11.9 Å². The molecule has 108 valence electrons. The van der Waals surface area contributed by atoms with Gasteiger partial charge in [-0.1, -0.05) is 0 Å². The Morgan fingerprint density at radius 1 is 1.55 bits per heavy atom. The number of nitrogen functional groups attached to an aromatic ring is 1. The van der Waals surface area contributed by atoms with Gasteiger partial charge in [-0.2, -0.15) is 4.98 Å². The molecule has 1 aromatic rings. The van der Waals surface area contributed by atoms with Crippen molar-refractivity contribution in [2.45, 2.75) is 24.9 Å². The third kappa shape index (κ3) is 2.64. The zero-order valence-corrected chi connectivity index (χ0v) is 10.9. The predicted octanol–water partition coefficient (Wildman–Crippen LogP) is -0.318. The second-order valence-electron chi connectivity index (χ2n) is 4.97. The molecule has 7 nitrogen and oxygen atoms in total. The predicted molar refractivity (Wildman–Crippen MR) is 69.5 cm³/mol. The van der Waals surface area contributed by atoms with Gasteiger partial charge in [0.1, 0.15) is 6.04 Å². The molecule has 1 aliphatic carbocycles. The van der Waals surface area contributed by atoms with Crippen LogP contribution in [0.1, 0.15) is 12.8 Å². The molecule has 2 heterocycles. The van der Waals surface area contributed by atoms with Crippen LogP contribution in [0.4, 0.5) is 16.2 Å². The number of carbonyl (C=O) groups is 1. The lowest BCUT2D eigenvalue weighted by molar-refractivity contribution is -0.124. The van der Waals surface area contributed by atoms with Gasteiger partial charge < -0.3 is 20.7 Å². The number of aromatic nitrogens is 2. The second kappa shape index (κ2) is 5.20. The molecule has 0 bridgehead atoms. The molecule has 1 aromatic heterocycles. The van der Waals surface area contributed by atoms with Crippen molar-refractivity contribution in [1.82, 2.24) is 15.3 Å². The lowest BCUT2D eigenvalue weighted by atomic mass is 10.2. The lowest BCUT2D eigenvalue weighted by Crippen LogP contribution is -2.55. The molecule has 1 saturated heterocycles. The number of carbonyl (C=O) groups excluding carboxylic acids is 1. The van der Waals surface area contributed by atoms with E-state index in [-0.39, 0.29) is 30.3 Å².